The van der Waals surface area contributed by atoms with Gasteiger partial charge in [-0.2, -0.15) is 4.98 Å². The first-order valence-corrected chi connectivity index (χ1v) is 11.3. The molecular weight excluding hydrogens is 492 g/mol. The van der Waals surface area contributed by atoms with E-state index in [1.807, 2.05) is 30.3 Å². The molecule has 0 aliphatic carbocycles. The molecule has 3 heterocycles. The first-order chi connectivity index (χ1) is 17.3. The number of benzene rings is 1. The van der Waals surface area contributed by atoms with E-state index in [1.54, 1.807) is 23.8 Å². The molecule has 1 aliphatic rings. The minimum Gasteiger partial charge on any atom is -0.450 e. The maximum Gasteiger partial charge on any atom is 0.508 e. The highest BCUT2D eigenvalue weighted by Gasteiger charge is 2.41. The summed E-state index contributed by atoms with van der Waals surface area (Å²) in [5, 5.41) is 8.41. The number of carbonyl (C=O) groups is 2. The predicted molar refractivity (Wildman–Crippen MR) is 130 cm³/mol. The number of halogens is 1. The van der Waals surface area contributed by atoms with E-state index in [-0.39, 0.29) is 30.9 Å². The van der Waals surface area contributed by atoms with Gasteiger partial charge >= 0.3 is 12.3 Å². The predicted octanol–water partition coefficient (Wildman–Crippen LogP) is 4.40. The van der Waals surface area contributed by atoms with E-state index >= 15 is 0 Å². The van der Waals surface area contributed by atoms with Crippen LogP contribution in [0.5, 0.6) is 0 Å². The topological polar surface area (TPSA) is 148 Å². The minimum absolute atomic E-state index is 0.0469. The maximum absolute atomic E-state index is 12.0. The second kappa shape index (κ2) is 12.1. The molecule has 4 rings (SSSR count). The summed E-state index contributed by atoms with van der Waals surface area (Å²) in [4.78, 5) is 29.5. The molecule has 12 heteroatoms. The van der Waals surface area contributed by atoms with Gasteiger partial charge in [-0.3, -0.25) is 0 Å². The van der Waals surface area contributed by atoms with Crippen LogP contribution in [0.15, 0.2) is 42.6 Å². The van der Waals surface area contributed by atoms with E-state index < -0.39 is 24.1 Å². The number of hydrogen-bond acceptors (Lipinski definition) is 9. The number of hydrogen-bond donors (Lipinski definition) is 2. The quantitative estimate of drug-likeness (QED) is 0.274. The largest absolute Gasteiger partial charge is 0.508 e. The van der Waals surface area contributed by atoms with Crippen LogP contribution in [-0.4, -0.2) is 50.8 Å². The molecule has 3 aromatic rings. The number of anilines is 1. The lowest BCUT2D eigenvalue weighted by Gasteiger charge is -2.23. The SMILES string of the molecule is C#C[C@@]1(COC(=O)OCc2ccccc2)CC[C@H](n2ccc3c(N)nc(Cl)nc32)O1.CCOC(=O)O. The van der Waals surface area contributed by atoms with Gasteiger partial charge in [-0.15, -0.1) is 6.42 Å². The summed E-state index contributed by atoms with van der Waals surface area (Å²) in [6.07, 6.45) is 6.17. The Morgan fingerprint density at radius 3 is 2.67 bits per heavy atom. The molecule has 0 radical (unpaired) electrons. The first kappa shape index (κ1) is 26.6. The normalized spacial score (nSPS) is 18.5. The first-order valence-electron chi connectivity index (χ1n) is 10.9. The molecule has 3 N–H and O–H groups in total. The van der Waals surface area contributed by atoms with Crippen molar-refractivity contribution < 1.29 is 33.6 Å². The summed E-state index contributed by atoms with van der Waals surface area (Å²) in [6.45, 7) is 1.84. The zero-order chi connectivity index (χ0) is 26.1. The fraction of sp³-hybridized carbons (Fsp3) is 0.333. The lowest BCUT2D eigenvalue weighted by atomic mass is 10.0. The second-order valence-electron chi connectivity index (χ2n) is 7.60. The fourth-order valence-electron chi connectivity index (χ4n) is 3.50. The van der Waals surface area contributed by atoms with E-state index in [2.05, 4.69) is 20.6 Å². The Bertz CT molecular complexity index is 1240. The van der Waals surface area contributed by atoms with Gasteiger partial charge in [-0.1, -0.05) is 36.3 Å². The van der Waals surface area contributed by atoms with Crippen molar-refractivity contribution in [1.82, 2.24) is 14.5 Å². The van der Waals surface area contributed by atoms with E-state index in [0.717, 1.165) is 5.56 Å². The van der Waals surface area contributed by atoms with Crippen LogP contribution in [0.4, 0.5) is 15.4 Å². The third-order valence-corrected chi connectivity index (χ3v) is 5.36. The van der Waals surface area contributed by atoms with Crippen LogP contribution in [0, 0.1) is 12.3 Å². The monoisotopic (exact) mass is 516 g/mol. The second-order valence-corrected chi connectivity index (χ2v) is 7.94. The molecule has 0 saturated carbocycles. The summed E-state index contributed by atoms with van der Waals surface area (Å²) in [7, 11) is 0. The molecule has 1 aromatic carbocycles. The van der Waals surface area contributed by atoms with Gasteiger partial charge < -0.3 is 34.4 Å². The van der Waals surface area contributed by atoms with E-state index in [1.165, 1.54) is 0 Å². The third-order valence-electron chi connectivity index (χ3n) is 5.19. The number of carbonyl (C=O) groups excluding carboxylic acids is 1. The molecule has 0 spiro atoms. The third kappa shape index (κ3) is 6.78. The molecule has 0 bridgehead atoms. The van der Waals surface area contributed by atoms with Gasteiger partial charge in [0.05, 0.1) is 12.0 Å². The number of ether oxygens (including phenoxy) is 4. The van der Waals surface area contributed by atoms with Crippen molar-refractivity contribution in [1.29, 1.82) is 0 Å². The average molecular weight is 517 g/mol. The van der Waals surface area contributed by atoms with Crippen LogP contribution in [0.25, 0.3) is 11.0 Å². The van der Waals surface area contributed by atoms with Crippen molar-refractivity contribution in [3.8, 4) is 12.3 Å². The molecule has 11 nitrogen and oxygen atoms in total. The fourth-order valence-corrected chi connectivity index (χ4v) is 3.67. The number of carboxylic acid groups (broad SMARTS) is 1. The van der Waals surface area contributed by atoms with Crippen LogP contribution in [0.2, 0.25) is 5.28 Å². The van der Waals surface area contributed by atoms with Crippen molar-refractivity contribution in [2.24, 2.45) is 0 Å². The summed E-state index contributed by atoms with van der Waals surface area (Å²) < 4.78 is 22.2. The van der Waals surface area contributed by atoms with E-state index in [0.29, 0.717) is 23.9 Å². The van der Waals surface area contributed by atoms with Gasteiger partial charge in [-0.25, -0.2) is 14.6 Å². The molecular formula is C24H25ClN4O7. The Hall–Kier alpha value is -4.01. The van der Waals surface area contributed by atoms with Crippen LogP contribution in [0.3, 0.4) is 0 Å². The Morgan fingerprint density at radius 2 is 2.03 bits per heavy atom. The zero-order valence-electron chi connectivity index (χ0n) is 19.4. The van der Waals surface area contributed by atoms with Crippen LogP contribution >= 0.6 is 11.6 Å². The van der Waals surface area contributed by atoms with Gasteiger partial charge in [0, 0.05) is 6.20 Å². The van der Waals surface area contributed by atoms with Gasteiger partial charge in [0.25, 0.3) is 0 Å². The number of aromatic nitrogens is 3. The molecule has 1 aliphatic heterocycles. The summed E-state index contributed by atoms with van der Waals surface area (Å²) in [5.41, 5.74) is 6.25. The number of fused-ring (bicyclic) bond motifs is 1. The van der Waals surface area contributed by atoms with E-state index in [9.17, 15) is 9.59 Å². The minimum atomic E-state index is -1.21. The molecule has 190 valence electrons. The lowest BCUT2D eigenvalue weighted by Crippen LogP contribution is -2.34. The number of nitrogen functional groups attached to an aromatic ring is 1. The van der Waals surface area contributed by atoms with Crippen molar-refractivity contribution in [3.63, 3.8) is 0 Å². The number of terminal acetylenes is 1. The number of rotatable bonds is 6. The Kier molecular flexibility index (Phi) is 8.94. The summed E-state index contributed by atoms with van der Waals surface area (Å²) >= 11 is 5.94. The lowest BCUT2D eigenvalue weighted by molar-refractivity contribution is -0.0736. The van der Waals surface area contributed by atoms with Gasteiger partial charge in [-0.05, 0) is 43.0 Å². The Morgan fingerprint density at radius 1 is 1.28 bits per heavy atom. The number of nitrogens with two attached hydrogens (primary N) is 1. The van der Waals surface area contributed by atoms with Gasteiger partial charge in [0.2, 0.25) is 5.28 Å². The highest BCUT2D eigenvalue weighted by molar-refractivity contribution is 6.28. The highest BCUT2D eigenvalue weighted by Crippen LogP contribution is 2.38. The Labute approximate surface area is 212 Å². The number of nitrogens with zero attached hydrogens (tertiary/aromatic N) is 3. The average Bonchev–Trinajstić information content (AvgIpc) is 3.47. The van der Waals surface area contributed by atoms with Crippen LogP contribution in [-0.2, 0) is 25.6 Å². The summed E-state index contributed by atoms with van der Waals surface area (Å²) in [6, 6.07) is 11.1. The molecule has 1 saturated heterocycles. The van der Waals surface area contributed by atoms with Crippen molar-refractivity contribution in [2.45, 2.75) is 38.2 Å². The standard InChI is InChI=1S/C21H19ClN4O4.C3H6O3/c1-2-21(13-29-20(27)28-12-14-6-4-3-5-7-14)10-8-16(30-21)26-11-9-15-17(23)24-19(22)25-18(15)26;1-2-6-3(4)5/h1,3-7,9,11,16H,8,10,12-13H2,(H2,23,24,25);2H2,1H3,(H,4,5)/t16-,21+;/m1./s1. The Balaban J connectivity index is 0.000000538. The zero-order valence-corrected chi connectivity index (χ0v) is 20.2. The highest BCUT2D eigenvalue weighted by atomic mass is 35.5. The van der Waals surface area contributed by atoms with E-state index in [4.69, 9.17) is 43.1 Å². The van der Waals surface area contributed by atoms with Gasteiger partial charge in [0.1, 0.15) is 30.9 Å². The molecule has 0 amide bonds. The van der Waals surface area contributed by atoms with Crippen LogP contribution < -0.4 is 5.73 Å². The molecule has 2 atom stereocenters. The summed E-state index contributed by atoms with van der Waals surface area (Å²) in [5.74, 6) is 2.90. The molecule has 2 aromatic heterocycles. The molecule has 36 heavy (non-hydrogen) atoms. The molecule has 0 unspecified atom stereocenters. The van der Waals surface area contributed by atoms with Gasteiger partial charge in [0.15, 0.2) is 5.60 Å². The maximum atomic E-state index is 12.0. The molecule has 1 fully saturated rings. The smallest absolute Gasteiger partial charge is 0.450 e. The van der Waals surface area contributed by atoms with Crippen molar-refractivity contribution in [3.05, 3.63) is 53.4 Å². The van der Waals surface area contributed by atoms with Crippen molar-refractivity contribution in [2.75, 3.05) is 18.9 Å². The van der Waals surface area contributed by atoms with Crippen LogP contribution in [0.1, 0.15) is 31.6 Å². The van der Waals surface area contributed by atoms with Crippen molar-refractivity contribution >= 4 is 40.8 Å².